The summed E-state index contributed by atoms with van der Waals surface area (Å²) in [5.74, 6) is -1.01. The molecule has 0 radical (unpaired) electrons. The molecule has 8 nitrogen and oxygen atoms in total. The quantitative estimate of drug-likeness (QED) is 0.332. The molecule has 1 aliphatic rings. The maximum Gasteiger partial charge on any atom is 0.328 e. The second-order valence-corrected chi connectivity index (χ2v) is 9.67. The van der Waals surface area contributed by atoms with E-state index >= 15 is 0 Å². The van der Waals surface area contributed by atoms with Crippen molar-refractivity contribution in [1.29, 1.82) is 0 Å². The minimum absolute atomic E-state index is 0.0734. The van der Waals surface area contributed by atoms with Crippen LogP contribution in [0.5, 0.6) is 0 Å². The Balaban J connectivity index is 1.36. The molecular formula is C26H21N3O5S. The fourth-order valence-electron chi connectivity index (χ4n) is 4.27. The topological polar surface area (TPSA) is 107 Å². The third kappa shape index (κ3) is 4.10. The van der Waals surface area contributed by atoms with E-state index in [0.29, 0.717) is 11.1 Å². The molecule has 0 aliphatic carbocycles. The van der Waals surface area contributed by atoms with Gasteiger partial charge >= 0.3 is 5.97 Å². The monoisotopic (exact) mass is 487 g/mol. The number of amidine groups is 1. The van der Waals surface area contributed by atoms with Crippen molar-refractivity contribution >= 4 is 38.5 Å². The maximum absolute atomic E-state index is 13.3. The van der Waals surface area contributed by atoms with E-state index in [4.69, 9.17) is 4.74 Å². The number of ether oxygens (including phenoxy) is 1. The second kappa shape index (κ2) is 8.84. The van der Waals surface area contributed by atoms with Crippen LogP contribution in [-0.4, -0.2) is 43.7 Å². The van der Waals surface area contributed by atoms with Gasteiger partial charge in [-0.1, -0.05) is 60.7 Å². The van der Waals surface area contributed by atoms with Crippen LogP contribution >= 0.6 is 0 Å². The lowest BCUT2D eigenvalue weighted by molar-refractivity contribution is -0.140. The number of ketones is 1. The number of para-hydroxylation sites is 1. The lowest BCUT2D eigenvalue weighted by atomic mass is 10.0. The van der Waals surface area contributed by atoms with Gasteiger partial charge < -0.3 is 9.30 Å². The lowest BCUT2D eigenvalue weighted by Crippen LogP contribution is -2.24. The summed E-state index contributed by atoms with van der Waals surface area (Å²) in [7, 11) is -1.81. The van der Waals surface area contributed by atoms with Crippen molar-refractivity contribution in [3.8, 4) is 11.3 Å². The van der Waals surface area contributed by atoms with Crippen molar-refractivity contribution in [3.63, 3.8) is 0 Å². The summed E-state index contributed by atoms with van der Waals surface area (Å²) in [5.41, 5.74) is 3.37. The average molecular weight is 488 g/mol. The summed E-state index contributed by atoms with van der Waals surface area (Å²) in [6.45, 7) is -0.889. The van der Waals surface area contributed by atoms with E-state index in [0.717, 1.165) is 22.2 Å². The summed E-state index contributed by atoms with van der Waals surface area (Å²) >= 11 is 0. The number of fused-ring (bicyclic) bond motifs is 2. The number of esters is 1. The molecule has 0 spiro atoms. The maximum atomic E-state index is 13.3. The van der Waals surface area contributed by atoms with Gasteiger partial charge in [0, 0.05) is 23.5 Å². The fourth-order valence-corrected chi connectivity index (χ4v) is 5.52. The fraction of sp³-hybridized carbons (Fsp3) is 0.115. The van der Waals surface area contributed by atoms with E-state index in [1.54, 1.807) is 18.2 Å². The smallest absolute Gasteiger partial charge is 0.328 e. The Bertz CT molecular complexity index is 1600. The Labute approximate surface area is 201 Å². The van der Waals surface area contributed by atoms with Crippen LogP contribution in [0.2, 0.25) is 0 Å². The Morgan fingerprint density at radius 1 is 0.943 bits per heavy atom. The van der Waals surface area contributed by atoms with Crippen LogP contribution in [0.4, 0.5) is 0 Å². The molecule has 176 valence electrons. The highest BCUT2D eigenvalue weighted by Crippen LogP contribution is 2.33. The van der Waals surface area contributed by atoms with Gasteiger partial charge in [-0.2, -0.15) is 0 Å². The number of aryl methyl sites for hydroxylation is 1. The molecule has 0 saturated heterocycles. The number of hydrogen-bond donors (Lipinski definition) is 1. The standard InChI is InChI=1S/C26H21N3O5S/c1-29-20-13-7-5-11-18(20)24(25(29)17-9-3-2-4-10-17)21(30)16-34-23(31)15-27-26-19-12-6-8-14-22(19)35(32,33)28-26/h2-14H,15-16H2,1H3,(H,27,28). The summed E-state index contributed by atoms with van der Waals surface area (Å²) in [6.07, 6.45) is 0. The Morgan fingerprint density at radius 3 is 2.43 bits per heavy atom. The number of aromatic nitrogens is 1. The summed E-state index contributed by atoms with van der Waals surface area (Å²) < 4.78 is 33.9. The van der Waals surface area contributed by atoms with Crippen molar-refractivity contribution in [2.75, 3.05) is 13.2 Å². The van der Waals surface area contributed by atoms with Crippen molar-refractivity contribution in [3.05, 3.63) is 90.0 Å². The van der Waals surface area contributed by atoms with Crippen LogP contribution in [0, 0.1) is 0 Å². The predicted octanol–water partition coefficient (Wildman–Crippen LogP) is 3.31. The second-order valence-electron chi connectivity index (χ2n) is 8.02. The van der Waals surface area contributed by atoms with Crippen LogP contribution in [0.3, 0.4) is 0 Å². The number of rotatable bonds is 6. The first-order chi connectivity index (χ1) is 16.9. The normalized spacial score (nSPS) is 15.1. The third-order valence-corrected chi connectivity index (χ3v) is 7.22. The van der Waals surface area contributed by atoms with Crippen LogP contribution in [-0.2, 0) is 26.6 Å². The van der Waals surface area contributed by atoms with Gasteiger partial charge in [0.15, 0.2) is 6.61 Å². The van der Waals surface area contributed by atoms with Gasteiger partial charge in [0.25, 0.3) is 10.0 Å². The summed E-state index contributed by atoms with van der Waals surface area (Å²) in [5, 5.41) is 0.770. The molecule has 1 aliphatic heterocycles. The predicted molar refractivity (Wildman–Crippen MR) is 132 cm³/mol. The van der Waals surface area contributed by atoms with Crippen molar-refractivity contribution < 1.29 is 22.7 Å². The highest BCUT2D eigenvalue weighted by Gasteiger charge is 2.30. The third-order valence-electron chi connectivity index (χ3n) is 5.83. The molecule has 9 heteroatoms. The van der Waals surface area contributed by atoms with Crippen LogP contribution < -0.4 is 4.72 Å². The van der Waals surface area contributed by atoms with Gasteiger partial charge in [0.2, 0.25) is 5.78 Å². The molecule has 0 atom stereocenters. The minimum Gasteiger partial charge on any atom is -0.456 e. The van der Waals surface area contributed by atoms with Crippen molar-refractivity contribution in [2.24, 2.45) is 12.0 Å². The van der Waals surface area contributed by atoms with E-state index in [1.165, 1.54) is 6.07 Å². The van der Waals surface area contributed by atoms with Crippen molar-refractivity contribution in [2.45, 2.75) is 4.90 Å². The number of sulfonamides is 1. The average Bonchev–Trinajstić information content (AvgIpc) is 3.32. The van der Waals surface area contributed by atoms with Crippen LogP contribution in [0.25, 0.3) is 22.2 Å². The SMILES string of the molecule is Cn1c(-c2ccccc2)c(C(=O)COC(=O)CN=C2NS(=O)(=O)c3ccccc32)c2ccccc21. The molecule has 3 aromatic carbocycles. The highest BCUT2D eigenvalue weighted by molar-refractivity contribution is 7.90. The number of carbonyl (C=O) groups is 2. The van der Waals surface area contributed by atoms with Gasteiger partial charge in [-0.3, -0.25) is 19.3 Å². The largest absolute Gasteiger partial charge is 0.456 e. The van der Waals surface area contributed by atoms with Gasteiger partial charge in [0.05, 0.1) is 16.2 Å². The molecule has 0 bridgehead atoms. The number of nitrogens with zero attached hydrogens (tertiary/aromatic N) is 2. The highest BCUT2D eigenvalue weighted by atomic mass is 32.2. The van der Waals surface area contributed by atoms with E-state index in [9.17, 15) is 18.0 Å². The molecule has 0 unspecified atom stereocenters. The molecule has 1 aromatic heterocycles. The Morgan fingerprint density at radius 2 is 1.63 bits per heavy atom. The molecule has 2 heterocycles. The number of hydrogen-bond acceptors (Lipinski definition) is 6. The molecule has 4 aromatic rings. The first kappa shape index (κ1) is 22.5. The van der Waals surface area contributed by atoms with E-state index < -0.39 is 29.1 Å². The molecule has 1 N–H and O–H groups in total. The summed E-state index contributed by atoms with van der Waals surface area (Å²) in [6, 6.07) is 23.5. The van der Waals surface area contributed by atoms with Gasteiger partial charge in [-0.25, -0.2) is 8.42 Å². The van der Waals surface area contributed by atoms with Gasteiger partial charge in [-0.05, 0) is 23.8 Å². The van der Waals surface area contributed by atoms with Crippen LogP contribution in [0.15, 0.2) is 88.8 Å². The zero-order valence-corrected chi connectivity index (χ0v) is 19.6. The van der Waals surface area contributed by atoms with Crippen molar-refractivity contribution in [1.82, 2.24) is 9.29 Å². The van der Waals surface area contributed by atoms with E-state index in [1.807, 2.05) is 66.2 Å². The number of aliphatic imine (C=N–C) groups is 1. The van der Waals surface area contributed by atoms with E-state index in [-0.39, 0.29) is 16.5 Å². The zero-order chi connectivity index (χ0) is 24.6. The van der Waals surface area contributed by atoms with Crippen LogP contribution in [0.1, 0.15) is 15.9 Å². The molecule has 0 fully saturated rings. The number of carbonyl (C=O) groups excluding carboxylic acids is 2. The number of Topliss-reactive ketones (excluding diaryl/α,β-unsaturated/α-hetero) is 1. The molecular weight excluding hydrogens is 466 g/mol. The Hall–Kier alpha value is -4.24. The first-order valence-corrected chi connectivity index (χ1v) is 12.3. The molecule has 0 amide bonds. The number of benzene rings is 3. The molecule has 35 heavy (non-hydrogen) atoms. The van der Waals surface area contributed by atoms with Gasteiger partial charge in [0.1, 0.15) is 12.4 Å². The molecule has 0 saturated carbocycles. The Kier molecular flexibility index (Phi) is 5.70. The molecule has 5 rings (SSSR count). The first-order valence-electron chi connectivity index (χ1n) is 10.8. The van der Waals surface area contributed by atoms with E-state index in [2.05, 4.69) is 9.71 Å². The lowest BCUT2D eigenvalue weighted by Gasteiger charge is -2.08. The summed E-state index contributed by atoms with van der Waals surface area (Å²) in [4.78, 5) is 29.8. The van der Waals surface area contributed by atoms with Gasteiger partial charge in [-0.15, -0.1) is 0 Å². The minimum atomic E-state index is -3.70. The zero-order valence-electron chi connectivity index (χ0n) is 18.8. The number of nitrogens with one attached hydrogen (secondary N) is 1.